The molecule has 0 radical (unpaired) electrons. The molecule has 3 heterocycles. The first kappa shape index (κ1) is 14.5. The SMILES string of the molecule is CN1CCC2(CCN(C(=O)c3ncn(C(C)(C)C)n3)C2)C1. The van der Waals surface area contributed by atoms with E-state index in [9.17, 15) is 4.79 Å². The molecular formula is C15H25N5O. The molecule has 3 rings (SSSR count). The molecule has 0 saturated carbocycles. The lowest BCUT2D eigenvalue weighted by atomic mass is 9.86. The van der Waals surface area contributed by atoms with E-state index in [0.717, 1.165) is 32.6 Å². The van der Waals surface area contributed by atoms with Gasteiger partial charge in [0.05, 0.1) is 5.54 Å². The predicted molar refractivity (Wildman–Crippen MR) is 80.1 cm³/mol. The lowest BCUT2D eigenvalue weighted by Crippen LogP contribution is -2.34. The summed E-state index contributed by atoms with van der Waals surface area (Å²) in [4.78, 5) is 21.1. The lowest BCUT2D eigenvalue weighted by molar-refractivity contribution is 0.0761. The van der Waals surface area contributed by atoms with E-state index >= 15 is 0 Å². The van der Waals surface area contributed by atoms with Crippen molar-refractivity contribution in [3.05, 3.63) is 12.2 Å². The highest BCUT2D eigenvalue weighted by atomic mass is 16.2. The van der Waals surface area contributed by atoms with Gasteiger partial charge in [0.15, 0.2) is 0 Å². The minimum Gasteiger partial charge on any atom is -0.335 e. The van der Waals surface area contributed by atoms with Gasteiger partial charge in [-0.1, -0.05) is 0 Å². The topological polar surface area (TPSA) is 54.3 Å². The van der Waals surface area contributed by atoms with Crippen molar-refractivity contribution < 1.29 is 4.79 Å². The maximum Gasteiger partial charge on any atom is 0.293 e. The second kappa shape index (κ2) is 4.80. The van der Waals surface area contributed by atoms with Gasteiger partial charge >= 0.3 is 0 Å². The second-order valence-corrected chi connectivity index (χ2v) is 7.65. The number of aromatic nitrogens is 3. The zero-order valence-corrected chi connectivity index (χ0v) is 13.5. The molecule has 1 atom stereocenters. The fourth-order valence-corrected chi connectivity index (χ4v) is 3.43. The smallest absolute Gasteiger partial charge is 0.293 e. The van der Waals surface area contributed by atoms with Crippen LogP contribution in [0.1, 0.15) is 44.2 Å². The van der Waals surface area contributed by atoms with Gasteiger partial charge in [-0.2, -0.15) is 0 Å². The summed E-state index contributed by atoms with van der Waals surface area (Å²) < 4.78 is 1.76. The molecule has 1 unspecified atom stereocenters. The van der Waals surface area contributed by atoms with Gasteiger partial charge in [-0.05, 0) is 47.2 Å². The first-order valence-corrected chi connectivity index (χ1v) is 7.69. The van der Waals surface area contributed by atoms with Gasteiger partial charge in [-0.15, -0.1) is 5.10 Å². The summed E-state index contributed by atoms with van der Waals surface area (Å²) in [6.45, 7) is 10.1. The Morgan fingerprint density at radius 1 is 1.24 bits per heavy atom. The van der Waals surface area contributed by atoms with Crippen molar-refractivity contribution in [2.45, 2.75) is 39.2 Å². The van der Waals surface area contributed by atoms with Crippen molar-refractivity contribution in [2.75, 3.05) is 33.2 Å². The Bertz CT molecular complexity index is 547. The standard InChI is InChI=1S/C15H25N5O/c1-14(2,3)20-11-16-12(17-20)13(21)19-8-6-15(10-19)5-7-18(4)9-15/h11H,5-10H2,1-4H3. The quantitative estimate of drug-likeness (QED) is 0.780. The molecule has 6 heteroatoms. The van der Waals surface area contributed by atoms with Gasteiger partial charge in [0.2, 0.25) is 5.82 Å². The third kappa shape index (κ3) is 2.69. The summed E-state index contributed by atoms with van der Waals surface area (Å²) in [5.41, 5.74) is 0.156. The second-order valence-electron chi connectivity index (χ2n) is 7.65. The molecule has 0 N–H and O–H groups in total. The molecule has 2 aliphatic heterocycles. The van der Waals surface area contributed by atoms with Crippen LogP contribution in [0.2, 0.25) is 0 Å². The molecule has 0 bridgehead atoms. The van der Waals surface area contributed by atoms with Crippen LogP contribution >= 0.6 is 0 Å². The molecule has 1 amide bonds. The molecule has 1 spiro atoms. The first-order valence-electron chi connectivity index (χ1n) is 7.69. The summed E-state index contributed by atoms with van der Waals surface area (Å²) in [5, 5.41) is 4.36. The number of nitrogens with zero attached hydrogens (tertiary/aromatic N) is 5. The Kier molecular flexibility index (Phi) is 3.31. The Hall–Kier alpha value is -1.43. The maximum absolute atomic E-state index is 12.6. The lowest BCUT2D eigenvalue weighted by Gasteiger charge is -2.23. The maximum atomic E-state index is 12.6. The molecule has 1 aromatic heterocycles. The monoisotopic (exact) mass is 291 g/mol. The molecule has 116 valence electrons. The Morgan fingerprint density at radius 3 is 2.52 bits per heavy atom. The van der Waals surface area contributed by atoms with Crippen molar-refractivity contribution in [1.82, 2.24) is 24.6 Å². The van der Waals surface area contributed by atoms with Gasteiger partial charge in [-0.25, -0.2) is 9.67 Å². The summed E-state index contributed by atoms with van der Waals surface area (Å²) in [6, 6.07) is 0. The largest absolute Gasteiger partial charge is 0.335 e. The van der Waals surface area contributed by atoms with Crippen molar-refractivity contribution in [3.8, 4) is 0 Å². The minimum atomic E-state index is -0.147. The minimum absolute atomic E-state index is 0.0237. The van der Waals surface area contributed by atoms with Crippen LogP contribution in [0.5, 0.6) is 0 Å². The number of hydrogen-bond acceptors (Lipinski definition) is 4. The van der Waals surface area contributed by atoms with Gasteiger partial charge in [-0.3, -0.25) is 4.79 Å². The van der Waals surface area contributed by atoms with E-state index in [1.165, 1.54) is 6.42 Å². The average Bonchev–Trinajstić information content (AvgIpc) is 3.10. The molecule has 21 heavy (non-hydrogen) atoms. The highest BCUT2D eigenvalue weighted by molar-refractivity contribution is 5.90. The summed E-state index contributed by atoms with van der Waals surface area (Å²) in [7, 11) is 2.16. The normalized spacial score (nSPS) is 27.0. The molecule has 2 saturated heterocycles. The van der Waals surface area contributed by atoms with Crippen molar-refractivity contribution in [1.29, 1.82) is 0 Å². The van der Waals surface area contributed by atoms with Crippen LogP contribution in [0.25, 0.3) is 0 Å². The van der Waals surface area contributed by atoms with Crippen LogP contribution in [-0.2, 0) is 5.54 Å². The van der Waals surface area contributed by atoms with E-state index < -0.39 is 0 Å². The Balaban J connectivity index is 1.71. The summed E-state index contributed by atoms with van der Waals surface area (Å²) in [6.07, 6.45) is 3.95. The van der Waals surface area contributed by atoms with Crippen LogP contribution in [0.3, 0.4) is 0 Å². The van der Waals surface area contributed by atoms with Gasteiger partial charge in [0.1, 0.15) is 6.33 Å². The van der Waals surface area contributed by atoms with E-state index in [0.29, 0.717) is 11.2 Å². The molecule has 2 fully saturated rings. The number of carbonyl (C=O) groups is 1. The first-order chi connectivity index (χ1) is 9.79. The average molecular weight is 291 g/mol. The number of hydrogen-bond donors (Lipinski definition) is 0. The van der Waals surface area contributed by atoms with E-state index in [1.54, 1.807) is 11.0 Å². The fraction of sp³-hybridized carbons (Fsp3) is 0.800. The van der Waals surface area contributed by atoms with Crippen LogP contribution in [-0.4, -0.2) is 63.7 Å². The van der Waals surface area contributed by atoms with Crippen molar-refractivity contribution in [2.24, 2.45) is 5.41 Å². The van der Waals surface area contributed by atoms with E-state index in [4.69, 9.17) is 0 Å². The van der Waals surface area contributed by atoms with E-state index in [2.05, 4.69) is 42.8 Å². The van der Waals surface area contributed by atoms with Crippen molar-refractivity contribution in [3.63, 3.8) is 0 Å². The fourth-order valence-electron chi connectivity index (χ4n) is 3.43. The molecule has 0 aromatic carbocycles. The van der Waals surface area contributed by atoms with E-state index in [1.807, 2.05) is 4.90 Å². The molecule has 0 aliphatic carbocycles. The Morgan fingerprint density at radius 2 is 1.95 bits per heavy atom. The third-order valence-corrected chi connectivity index (χ3v) is 4.73. The highest BCUT2D eigenvalue weighted by Gasteiger charge is 2.44. The molecule has 2 aliphatic rings. The highest BCUT2D eigenvalue weighted by Crippen LogP contribution is 2.39. The number of rotatable bonds is 1. The van der Waals surface area contributed by atoms with Gasteiger partial charge < -0.3 is 9.80 Å². The summed E-state index contributed by atoms with van der Waals surface area (Å²) in [5.74, 6) is 0.303. The van der Waals surface area contributed by atoms with Gasteiger partial charge in [0, 0.05) is 25.0 Å². The number of likely N-dealkylation sites (tertiary alicyclic amines) is 2. The third-order valence-electron chi connectivity index (χ3n) is 4.73. The van der Waals surface area contributed by atoms with Crippen LogP contribution in [0.4, 0.5) is 0 Å². The molecular weight excluding hydrogens is 266 g/mol. The Labute approximate surface area is 126 Å². The zero-order chi connectivity index (χ0) is 15.3. The number of carbonyl (C=O) groups excluding carboxylic acids is 1. The predicted octanol–water partition coefficient (Wildman–Crippen LogP) is 1.20. The van der Waals surface area contributed by atoms with Crippen LogP contribution < -0.4 is 0 Å². The number of amides is 1. The van der Waals surface area contributed by atoms with E-state index in [-0.39, 0.29) is 11.4 Å². The molecule has 6 nitrogen and oxygen atoms in total. The van der Waals surface area contributed by atoms with Gasteiger partial charge in [0.25, 0.3) is 5.91 Å². The zero-order valence-electron chi connectivity index (χ0n) is 13.5. The van der Waals surface area contributed by atoms with Crippen LogP contribution in [0, 0.1) is 5.41 Å². The van der Waals surface area contributed by atoms with Crippen LogP contribution in [0.15, 0.2) is 6.33 Å². The molecule has 1 aromatic rings. The summed E-state index contributed by atoms with van der Waals surface area (Å²) >= 11 is 0. The van der Waals surface area contributed by atoms with Crippen molar-refractivity contribution >= 4 is 5.91 Å².